The molecule has 0 aliphatic carbocycles. The van der Waals surface area contributed by atoms with Crippen molar-refractivity contribution >= 4 is 0 Å². The van der Waals surface area contributed by atoms with Crippen molar-refractivity contribution in [2.45, 2.75) is 55.4 Å². The molecule has 0 saturated carbocycles. The second-order valence-corrected chi connectivity index (χ2v) is 3.42. The Labute approximate surface area is 180 Å². The predicted molar refractivity (Wildman–Crippen MR) is 97.8 cm³/mol. The SMILES string of the molecule is CC[N-]CC.CC[N-]CC.CC[N-]CC.CC[N-]CC.[Zr+4].[Zr]. The standard InChI is InChI=1S/4C4H10N.2Zr/c4*1-3-5-4-2;;/h4*3-4H2,1-2H3;;/q4*-1;;+4. The zero-order valence-corrected chi connectivity index (χ0v) is 21.4. The Morgan fingerprint density at radius 1 is 0.364 bits per heavy atom. The molecule has 0 N–H and O–H groups in total. The molecule has 0 amide bonds. The summed E-state index contributed by atoms with van der Waals surface area (Å²) in [6, 6.07) is 0. The monoisotopic (exact) mass is 468 g/mol. The summed E-state index contributed by atoms with van der Waals surface area (Å²) in [4.78, 5) is 0. The van der Waals surface area contributed by atoms with Gasteiger partial charge in [0.05, 0.1) is 0 Å². The minimum atomic E-state index is 0. The first-order valence-corrected chi connectivity index (χ1v) is 8.19. The summed E-state index contributed by atoms with van der Waals surface area (Å²) in [6.45, 7) is 24.1. The van der Waals surface area contributed by atoms with Gasteiger partial charge in [0, 0.05) is 26.2 Å². The molecule has 0 unspecified atom stereocenters. The zero-order valence-electron chi connectivity index (χ0n) is 16.4. The number of nitrogens with zero attached hydrogens (tertiary/aromatic N) is 4. The summed E-state index contributed by atoms with van der Waals surface area (Å²) in [6.07, 6.45) is 0. The van der Waals surface area contributed by atoms with Crippen LogP contribution in [0.5, 0.6) is 0 Å². The van der Waals surface area contributed by atoms with Gasteiger partial charge in [-0.25, -0.2) is 0 Å². The molecule has 0 aliphatic rings. The van der Waals surface area contributed by atoms with E-state index < -0.39 is 0 Å². The molecule has 0 aromatic rings. The first-order valence-electron chi connectivity index (χ1n) is 8.19. The second-order valence-electron chi connectivity index (χ2n) is 3.42. The van der Waals surface area contributed by atoms with E-state index in [0.29, 0.717) is 0 Å². The average Bonchev–Trinajstić information content (AvgIpc) is 2.44. The molecule has 0 radical (unpaired) electrons. The molecule has 0 fully saturated rings. The number of hydrogen-bond acceptors (Lipinski definition) is 0. The minimum Gasteiger partial charge on any atom is -0.663 e. The van der Waals surface area contributed by atoms with Gasteiger partial charge in [0.25, 0.3) is 0 Å². The third-order valence-corrected chi connectivity index (χ3v) is 1.79. The van der Waals surface area contributed by atoms with Gasteiger partial charge in [-0.3, -0.25) is 0 Å². The van der Waals surface area contributed by atoms with Crippen LogP contribution in [-0.4, -0.2) is 52.4 Å². The van der Waals surface area contributed by atoms with Crippen LogP contribution in [0.15, 0.2) is 0 Å². The van der Waals surface area contributed by atoms with Crippen LogP contribution in [-0.2, 0) is 52.4 Å². The number of hydrogen-bond donors (Lipinski definition) is 0. The molecule has 22 heavy (non-hydrogen) atoms. The van der Waals surface area contributed by atoms with Crippen molar-refractivity contribution in [2.75, 3.05) is 52.4 Å². The average molecular weight is 471 g/mol. The smallest absolute Gasteiger partial charge is 0.663 e. The molecule has 132 valence electrons. The maximum atomic E-state index is 3.97. The van der Waals surface area contributed by atoms with Gasteiger partial charge in [-0.05, 0) is 0 Å². The Kier molecular flexibility index (Phi) is 101. The first-order chi connectivity index (χ1) is 9.66. The van der Waals surface area contributed by atoms with Crippen molar-refractivity contribution in [1.29, 1.82) is 0 Å². The summed E-state index contributed by atoms with van der Waals surface area (Å²) in [5.41, 5.74) is 0. The molecular weight excluding hydrogens is 431 g/mol. The molecule has 6 heteroatoms. The van der Waals surface area contributed by atoms with Gasteiger partial charge in [0.15, 0.2) is 0 Å². The fourth-order valence-corrected chi connectivity index (χ4v) is 0.894. The van der Waals surface area contributed by atoms with Gasteiger partial charge < -0.3 is 21.3 Å². The largest absolute Gasteiger partial charge is 4.00 e. The topological polar surface area (TPSA) is 56.4 Å². The number of rotatable bonds is 8. The van der Waals surface area contributed by atoms with Crippen LogP contribution in [0, 0.1) is 0 Å². The maximum Gasteiger partial charge on any atom is 4.00 e. The Bertz CT molecular complexity index is 78.1. The Hall–Kier alpha value is 1.61. The van der Waals surface area contributed by atoms with E-state index in [0.717, 1.165) is 52.4 Å². The summed E-state index contributed by atoms with van der Waals surface area (Å²) in [5, 5.41) is 15.9. The summed E-state index contributed by atoms with van der Waals surface area (Å²) < 4.78 is 0. The Morgan fingerprint density at radius 3 is 0.455 bits per heavy atom. The van der Waals surface area contributed by atoms with Crippen molar-refractivity contribution in [3.05, 3.63) is 21.3 Å². The fraction of sp³-hybridized carbons (Fsp3) is 1.00. The minimum absolute atomic E-state index is 0. The van der Waals surface area contributed by atoms with Crippen molar-refractivity contribution in [3.63, 3.8) is 0 Å². The van der Waals surface area contributed by atoms with E-state index in [9.17, 15) is 0 Å². The molecule has 0 aromatic heterocycles. The Balaban J connectivity index is -0.0000000376. The molecule has 0 heterocycles. The van der Waals surface area contributed by atoms with Gasteiger partial charge in [0.2, 0.25) is 0 Å². The van der Waals surface area contributed by atoms with E-state index in [4.69, 9.17) is 0 Å². The summed E-state index contributed by atoms with van der Waals surface area (Å²) in [7, 11) is 0. The summed E-state index contributed by atoms with van der Waals surface area (Å²) >= 11 is 0. The van der Waals surface area contributed by atoms with E-state index in [1.807, 2.05) is 55.4 Å². The van der Waals surface area contributed by atoms with Gasteiger partial charge in [0.1, 0.15) is 0 Å². The van der Waals surface area contributed by atoms with Crippen LogP contribution in [0.1, 0.15) is 55.4 Å². The normalized spacial score (nSPS) is 7.64. The molecule has 0 aliphatic heterocycles. The van der Waals surface area contributed by atoms with E-state index in [1.54, 1.807) is 0 Å². The van der Waals surface area contributed by atoms with E-state index in [-0.39, 0.29) is 52.4 Å². The van der Waals surface area contributed by atoms with Crippen LogP contribution in [0.2, 0.25) is 0 Å². The fourth-order valence-electron chi connectivity index (χ4n) is 0.894. The molecule has 0 aromatic carbocycles. The van der Waals surface area contributed by atoms with Crippen molar-refractivity contribution in [2.24, 2.45) is 0 Å². The Morgan fingerprint density at radius 2 is 0.455 bits per heavy atom. The molecule has 0 bridgehead atoms. The zero-order chi connectivity index (χ0) is 16.5. The molecule has 0 saturated heterocycles. The third kappa shape index (κ3) is 99.4. The van der Waals surface area contributed by atoms with Crippen LogP contribution >= 0.6 is 0 Å². The van der Waals surface area contributed by atoms with Crippen LogP contribution in [0.25, 0.3) is 21.3 Å². The second kappa shape index (κ2) is 57.0. The van der Waals surface area contributed by atoms with Crippen molar-refractivity contribution in [1.82, 2.24) is 0 Å². The van der Waals surface area contributed by atoms with Gasteiger partial charge in [-0.1, -0.05) is 55.4 Å². The van der Waals surface area contributed by atoms with Crippen LogP contribution < -0.4 is 0 Å². The first kappa shape index (κ1) is 38.9. The maximum absolute atomic E-state index is 3.97. The van der Waals surface area contributed by atoms with Crippen LogP contribution in [0.4, 0.5) is 0 Å². The molecule has 0 rings (SSSR count). The summed E-state index contributed by atoms with van der Waals surface area (Å²) in [5.74, 6) is 0. The molecule has 0 spiro atoms. The van der Waals surface area contributed by atoms with Crippen molar-refractivity contribution < 1.29 is 52.4 Å². The van der Waals surface area contributed by atoms with Gasteiger partial charge >= 0.3 is 26.2 Å². The van der Waals surface area contributed by atoms with Gasteiger partial charge in [-0.2, -0.15) is 52.4 Å². The third-order valence-electron chi connectivity index (χ3n) is 1.79. The molecule has 0 atom stereocenters. The van der Waals surface area contributed by atoms with Gasteiger partial charge in [-0.15, -0.1) is 0 Å². The van der Waals surface area contributed by atoms with Crippen LogP contribution in [0.3, 0.4) is 0 Å². The molecule has 4 nitrogen and oxygen atoms in total. The molecular formula is C16H40N4Zr2. The van der Waals surface area contributed by atoms with E-state index >= 15 is 0 Å². The van der Waals surface area contributed by atoms with E-state index in [1.165, 1.54) is 0 Å². The quantitative estimate of drug-likeness (QED) is 0.443. The predicted octanol–water partition coefficient (Wildman–Crippen LogP) is 5.59. The van der Waals surface area contributed by atoms with E-state index in [2.05, 4.69) is 21.3 Å². The van der Waals surface area contributed by atoms with Crippen molar-refractivity contribution in [3.8, 4) is 0 Å².